The molecular weight excluding hydrogens is 332 g/mol. The normalized spacial score (nSPS) is 10.8. The van der Waals surface area contributed by atoms with Crippen LogP contribution < -0.4 is 4.74 Å². The van der Waals surface area contributed by atoms with Crippen LogP contribution in [0.4, 0.5) is 11.4 Å². The lowest BCUT2D eigenvalue weighted by molar-refractivity contribution is -0.385. The first-order valence-corrected chi connectivity index (χ1v) is 7.19. The van der Waals surface area contributed by atoms with Crippen molar-refractivity contribution in [3.05, 3.63) is 50.6 Å². The van der Waals surface area contributed by atoms with Gasteiger partial charge >= 0.3 is 5.69 Å². The Balaban J connectivity index is 2.16. The largest absolute Gasteiger partial charge is 0.500 e. The van der Waals surface area contributed by atoms with Crippen molar-refractivity contribution in [2.24, 2.45) is 0 Å². The molecule has 0 fully saturated rings. The first-order valence-electron chi connectivity index (χ1n) is 7.19. The summed E-state index contributed by atoms with van der Waals surface area (Å²) < 4.78 is 5.23. The van der Waals surface area contributed by atoms with Crippen LogP contribution in [0.5, 0.6) is 11.5 Å². The van der Waals surface area contributed by atoms with E-state index in [1.54, 1.807) is 6.92 Å². The number of phenols is 1. The molecule has 3 aromatic rings. The number of ether oxygens (including phenoxy) is 1. The van der Waals surface area contributed by atoms with Gasteiger partial charge in [0.05, 0.1) is 27.5 Å². The van der Waals surface area contributed by atoms with Gasteiger partial charge < -0.3 is 14.8 Å². The van der Waals surface area contributed by atoms with Crippen LogP contribution in [0.1, 0.15) is 6.92 Å². The fraction of sp³-hybridized carbons (Fsp3) is 0.133. The maximum atomic E-state index is 11.1. The van der Waals surface area contributed by atoms with Gasteiger partial charge in [0.25, 0.3) is 5.69 Å². The molecule has 0 bridgehead atoms. The van der Waals surface area contributed by atoms with Crippen molar-refractivity contribution in [1.82, 2.24) is 9.97 Å². The van der Waals surface area contributed by atoms with Crippen LogP contribution in [0.2, 0.25) is 0 Å². The Morgan fingerprint density at radius 3 is 2.60 bits per heavy atom. The van der Waals surface area contributed by atoms with Gasteiger partial charge in [-0.1, -0.05) is 0 Å². The highest BCUT2D eigenvalue weighted by Crippen LogP contribution is 2.40. The zero-order chi connectivity index (χ0) is 18.1. The summed E-state index contributed by atoms with van der Waals surface area (Å²) in [5.74, 6) is -0.347. The highest BCUT2D eigenvalue weighted by Gasteiger charge is 2.22. The Bertz CT molecular complexity index is 997. The molecule has 2 aromatic carbocycles. The van der Waals surface area contributed by atoms with Crippen LogP contribution in [0.15, 0.2) is 30.3 Å². The molecule has 1 heterocycles. The van der Waals surface area contributed by atoms with Gasteiger partial charge in [-0.15, -0.1) is 0 Å². The van der Waals surface area contributed by atoms with Gasteiger partial charge in [-0.05, 0) is 19.1 Å². The van der Waals surface area contributed by atoms with Crippen molar-refractivity contribution in [1.29, 1.82) is 0 Å². The highest BCUT2D eigenvalue weighted by molar-refractivity contribution is 5.82. The van der Waals surface area contributed by atoms with E-state index in [-0.39, 0.29) is 23.9 Å². The molecule has 0 saturated heterocycles. The molecule has 2 N–H and O–H groups in total. The fourth-order valence-electron chi connectivity index (χ4n) is 2.38. The number of non-ortho nitro benzene ring substituents is 1. The standard InChI is InChI=1S/C15H12N4O6/c1-2-25-13-6-8(5-12(14(13)20)19(23)24)15-16-10-4-3-9(18(21)22)7-11(10)17-15/h3-7,20H,2H2,1H3,(H,16,17). The van der Waals surface area contributed by atoms with Crippen molar-refractivity contribution in [2.75, 3.05) is 6.61 Å². The highest BCUT2D eigenvalue weighted by atomic mass is 16.6. The number of hydrogen-bond donors (Lipinski definition) is 2. The summed E-state index contributed by atoms with van der Waals surface area (Å²) in [5.41, 5.74) is 0.570. The first-order chi connectivity index (χ1) is 11.9. The minimum Gasteiger partial charge on any atom is -0.500 e. The maximum absolute atomic E-state index is 11.1. The van der Waals surface area contributed by atoms with Crippen molar-refractivity contribution in [3.8, 4) is 22.9 Å². The molecule has 0 amide bonds. The zero-order valence-electron chi connectivity index (χ0n) is 12.9. The zero-order valence-corrected chi connectivity index (χ0v) is 12.9. The Morgan fingerprint density at radius 2 is 1.96 bits per heavy atom. The molecule has 0 radical (unpaired) electrons. The summed E-state index contributed by atoms with van der Waals surface area (Å²) in [7, 11) is 0. The third kappa shape index (κ3) is 2.92. The number of nitrogens with one attached hydrogen (secondary N) is 1. The van der Waals surface area contributed by atoms with Crippen molar-refractivity contribution in [2.45, 2.75) is 6.92 Å². The lowest BCUT2D eigenvalue weighted by Gasteiger charge is -2.07. The summed E-state index contributed by atoms with van der Waals surface area (Å²) in [6.45, 7) is 1.89. The number of nitro groups is 2. The predicted octanol–water partition coefficient (Wildman–Crippen LogP) is 3.15. The number of hydrogen-bond acceptors (Lipinski definition) is 7. The van der Waals surface area contributed by atoms with Crippen LogP contribution in [0, 0.1) is 20.2 Å². The summed E-state index contributed by atoms with van der Waals surface area (Å²) >= 11 is 0. The molecular formula is C15H12N4O6. The molecule has 3 rings (SSSR count). The SMILES string of the molecule is CCOc1cc(-c2nc3ccc([N+](=O)[O-])cc3[nH]2)cc([N+](=O)[O-])c1O. The van der Waals surface area contributed by atoms with Gasteiger partial charge in [0.15, 0.2) is 5.75 Å². The number of benzene rings is 2. The van der Waals surface area contributed by atoms with Gasteiger partial charge in [-0.25, -0.2) is 4.98 Å². The molecule has 0 atom stereocenters. The molecule has 0 spiro atoms. The quantitative estimate of drug-likeness (QED) is 0.534. The van der Waals surface area contributed by atoms with E-state index in [0.29, 0.717) is 16.6 Å². The number of nitro benzene ring substituents is 2. The summed E-state index contributed by atoms with van der Waals surface area (Å²) in [6.07, 6.45) is 0. The number of aromatic amines is 1. The number of aromatic hydroxyl groups is 1. The topological polar surface area (TPSA) is 144 Å². The number of aromatic nitrogens is 2. The average molecular weight is 344 g/mol. The van der Waals surface area contributed by atoms with Gasteiger partial charge in [-0.3, -0.25) is 20.2 Å². The molecule has 0 aliphatic rings. The van der Waals surface area contributed by atoms with E-state index in [1.165, 1.54) is 24.3 Å². The molecule has 1 aromatic heterocycles. The maximum Gasteiger partial charge on any atom is 0.315 e. The molecule has 10 heteroatoms. The minimum absolute atomic E-state index is 0.0434. The van der Waals surface area contributed by atoms with Crippen LogP contribution in [-0.4, -0.2) is 31.5 Å². The van der Waals surface area contributed by atoms with Crippen molar-refractivity contribution in [3.63, 3.8) is 0 Å². The van der Waals surface area contributed by atoms with Crippen LogP contribution in [0.3, 0.4) is 0 Å². The van der Waals surface area contributed by atoms with E-state index < -0.39 is 21.3 Å². The molecule has 25 heavy (non-hydrogen) atoms. The van der Waals surface area contributed by atoms with Crippen LogP contribution in [0.25, 0.3) is 22.4 Å². The van der Waals surface area contributed by atoms with Gasteiger partial charge in [0, 0.05) is 23.8 Å². The van der Waals surface area contributed by atoms with E-state index in [2.05, 4.69) is 9.97 Å². The fourth-order valence-corrected chi connectivity index (χ4v) is 2.38. The Kier molecular flexibility index (Phi) is 3.93. The number of H-pyrrole nitrogens is 1. The Labute approximate surface area is 140 Å². The smallest absolute Gasteiger partial charge is 0.315 e. The monoisotopic (exact) mass is 344 g/mol. The number of nitrogens with zero attached hydrogens (tertiary/aromatic N) is 3. The van der Waals surface area contributed by atoms with E-state index in [0.717, 1.165) is 6.07 Å². The van der Waals surface area contributed by atoms with E-state index in [4.69, 9.17) is 4.74 Å². The van der Waals surface area contributed by atoms with E-state index >= 15 is 0 Å². The Morgan fingerprint density at radius 1 is 1.20 bits per heavy atom. The summed E-state index contributed by atoms with van der Waals surface area (Å²) in [4.78, 5) is 27.9. The molecule has 0 aliphatic heterocycles. The number of rotatable bonds is 5. The first kappa shape index (κ1) is 16.2. The Hall–Kier alpha value is -3.69. The van der Waals surface area contributed by atoms with Gasteiger partial charge in [-0.2, -0.15) is 0 Å². The second kappa shape index (κ2) is 6.07. The number of imidazole rings is 1. The lowest BCUT2D eigenvalue weighted by Crippen LogP contribution is -1.96. The summed E-state index contributed by atoms with van der Waals surface area (Å²) in [6, 6.07) is 6.69. The number of fused-ring (bicyclic) bond motifs is 1. The number of phenolic OH excluding ortho intramolecular Hbond substituents is 1. The van der Waals surface area contributed by atoms with Gasteiger partial charge in [0.2, 0.25) is 5.75 Å². The molecule has 10 nitrogen and oxygen atoms in total. The third-order valence-electron chi connectivity index (χ3n) is 3.50. The molecule has 0 unspecified atom stereocenters. The molecule has 0 saturated carbocycles. The predicted molar refractivity (Wildman–Crippen MR) is 87.7 cm³/mol. The molecule has 128 valence electrons. The third-order valence-corrected chi connectivity index (χ3v) is 3.50. The van der Waals surface area contributed by atoms with Crippen molar-refractivity contribution < 1.29 is 19.7 Å². The second-order valence-electron chi connectivity index (χ2n) is 5.08. The lowest BCUT2D eigenvalue weighted by atomic mass is 10.1. The average Bonchev–Trinajstić information content (AvgIpc) is 2.99. The van der Waals surface area contributed by atoms with Gasteiger partial charge in [0.1, 0.15) is 5.82 Å². The van der Waals surface area contributed by atoms with E-state index in [9.17, 15) is 25.3 Å². The van der Waals surface area contributed by atoms with Crippen LogP contribution >= 0.6 is 0 Å². The summed E-state index contributed by atoms with van der Waals surface area (Å²) in [5, 5.41) is 31.9. The van der Waals surface area contributed by atoms with Crippen LogP contribution in [-0.2, 0) is 0 Å². The van der Waals surface area contributed by atoms with E-state index in [1.807, 2.05) is 0 Å². The minimum atomic E-state index is -0.727. The molecule has 0 aliphatic carbocycles. The van der Waals surface area contributed by atoms with Crippen molar-refractivity contribution >= 4 is 22.4 Å². The second-order valence-corrected chi connectivity index (χ2v) is 5.08.